The fourth-order valence-electron chi connectivity index (χ4n) is 5.65. The van der Waals surface area contributed by atoms with Gasteiger partial charge in [0.05, 0.1) is 25.0 Å². The third-order valence-corrected chi connectivity index (χ3v) is 7.89. The Hall–Kier alpha value is -4.22. The van der Waals surface area contributed by atoms with E-state index in [1.807, 2.05) is 40.9 Å². The summed E-state index contributed by atoms with van der Waals surface area (Å²) in [6, 6.07) is 6.12. The van der Waals surface area contributed by atoms with Crippen LogP contribution in [0.4, 0.5) is 24.7 Å². The Morgan fingerprint density at radius 2 is 1.95 bits per heavy atom. The second kappa shape index (κ2) is 8.90. The van der Waals surface area contributed by atoms with Crippen LogP contribution in [0.3, 0.4) is 0 Å². The van der Waals surface area contributed by atoms with Gasteiger partial charge >= 0.3 is 6.18 Å². The first kappa shape index (κ1) is 24.8. The molecule has 1 aliphatic carbocycles. The van der Waals surface area contributed by atoms with Crippen molar-refractivity contribution in [3.05, 3.63) is 59.2 Å². The second-order valence-corrected chi connectivity index (χ2v) is 10.8. The number of anilines is 2. The third kappa shape index (κ3) is 4.13. The first-order chi connectivity index (χ1) is 19.2. The van der Waals surface area contributed by atoms with Gasteiger partial charge in [-0.25, -0.2) is 15.0 Å². The highest BCUT2D eigenvalue weighted by atomic mass is 19.4. The zero-order valence-electron chi connectivity index (χ0n) is 22.1. The summed E-state index contributed by atoms with van der Waals surface area (Å²) in [6.45, 7) is 3.03. The number of nitrogens with zero attached hydrogens (tertiary/aromatic N) is 8. The molecule has 0 bridgehead atoms. The number of aryl methyl sites for hydroxylation is 3. The van der Waals surface area contributed by atoms with Gasteiger partial charge in [-0.15, -0.1) is 0 Å². The Morgan fingerprint density at radius 1 is 1.12 bits per heavy atom. The van der Waals surface area contributed by atoms with Crippen molar-refractivity contribution in [2.24, 2.45) is 0 Å². The highest BCUT2D eigenvalue weighted by Crippen LogP contribution is 2.40. The number of amides is 1. The molecule has 1 saturated carbocycles. The molecule has 5 heterocycles. The standard InChI is InChI=1S/C28H27F3N8O/c1-16-11-33-39(19-6-7-19)24(16)25-32-12-21-27(35-25)38(15-23(40)36(21)2)13-17-5-8-20-18(10-17)4-3-9-37-14-22(28(29,30)31)34-26(20)37/h5,8,10-12,14,19H,3-4,6-7,9,13,15H2,1-2H3. The molecule has 12 heteroatoms. The van der Waals surface area contributed by atoms with E-state index >= 15 is 0 Å². The molecule has 0 unspecified atom stereocenters. The first-order valence-electron chi connectivity index (χ1n) is 13.4. The minimum absolute atomic E-state index is 0.0699. The monoisotopic (exact) mass is 548 g/mol. The number of hydrogen-bond acceptors (Lipinski definition) is 6. The van der Waals surface area contributed by atoms with E-state index in [2.05, 4.69) is 15.1 Å². The van der Waals surface area contributed by atoms with Gasteiger partial charge in [-0.2, -0.15) is 18.3 Å². The van der Waals surface area contributed by atoms with Gasteiger partial charge in [-0.1, -0.05) is 18.2 Å². The summed E-state index contributed by atoms with van der Waals surface area (Å²) in [6.07, 6.45) is 3.73. The number of imidazole rings is 1. The zero-order chi connectivity index (χ0) is 27.8. The van der Waals surface area contributed by atoms with E-state index in [4.69, 9.17) is 4.98 Å². The van der Waals surface area contributed by atoms with Gasteiger partial charge in [0.1, 0.15) is 17.2 Å². The van der Waals surface area contributed by atoms with Crippen molar-refractivity contribution >= 4 is 17.4 Å². The van der Waals surface area contributed by atoms with Crippen LogP contribution < -0.4 is 9.80 Å². The topological polar surface area (TPSA) is 85.0 Å². The van der Waals surface area contributed by atoms with E-state index in [0.717, 1.165) is 47.8 Å². The minimum atomic E-state index is -4.49. The Bertz CT molecular complexity index is 1650. The highest BCUT2D eigenvalue weighted by molar-refractivity contribution is 6.01. The molecule has 7 rings (SSSR count). The van der Waals surface area contributed by atoms with E-state index in [-0.39, 0.29) is 12.5 Å². The summed E-state index contributed by atoms with van der Waals surface area (Å²) in [5.41, 5.74) is 4.24. The molecule has 0 spiro atoms. The van der Waals surface area contributed by atoms with E-state index < -0.39 is 11.9 Å². The third-order valence-electron chi connectivity index (χ3n) is 7.89. The molecule has 1 amide bonds. The van der Waals surface area contributed by atoms with Crippen LogP contribution in [0.15, 0.2) is 36.8 Å². The number of fused-ring (bicyclic) bond motifs is 4. The summed E-state index contributed by atoms with van der Waals surface area (Å²) in [4.78, 5) is 29.9. The van der Waals surface area contributed by atoms with Crippen molar-refractivity contribution in [3.8, 4) is 22.9 Å². The summed E-state index contributed by atoms with van der Waals surface area (Å²) in [5.74, 6) is 1.50. The molecule has 0 radical (unpaired) electrons. The van der Waals surface area contributed by atoms with Crippen LogP contribution in [-0.2, 0) is 30.5 Å². The predicted octanol–water partition coefficient (Wildman–Crippen LogP) is 4.79. The van der Waals surface area contributed by atoms with Crippen molar-refractivity contribution in [1.29, 1.82) is 0 Å². The van der Waals surface area contributed by atoms with Gasteiger partial charge in [0.15, 0.2) is 17.3 Å². The molecule has 40 heavy (non-hydrogen) atoms. The average Bonchev–Trinajstić information content (AvgIpc) is 3.60. The lowest BCUT2D eigenvalue weighted by molar-refractivity contribution is -0.140. The van der Waals surface area contributed by atoms with Crippen molar-refractivity contribution in [2.45, 2.75) is 57.9 Å². The summed E-state index contributed by atoms with van der Waals surface area (Å²) < 4.78 is 43.6. The van der Waals surface area contributed by atoms with Crippen LogP contribution in [0.5, 0.6) is 0 Å². The molecule has 0 saturated heterocycles. The first-order valence-corrected chi connectivity index (χ1v) is 13.4. The predicted molar refractivity (Wildman–Crippen MR) is 142 cm³/mol. The van der Waals surface area contributed by atoms with Crippen LogP contribution >= 0.6 is 0 Å². The number of benzene rings is 1. The Labute approximate surface area is 228 Å². The maximum Gasteiger partial charge on any atom is 0.434 e. The average molecular weight is 549 g/mol. The Morgan fingerprint density at radius 3 is 2.73 bits per heavy atom. The van der Waals surface area contributed by atoms with Gasteiger partial charge in [0, 0.05) is 31.9 Å². The van der Waals surface area contributed by atoms with Gasteiger partial charge in [0.25, 0.3) is 0 Å². The lowest BCUT2D eigenvalue weighted by Gasteiger charge is -2.34. The second-order valence-electron chi connectivity index (χ2n) is 10.8. The molecule has 206 valence electrons. The maximum absolute atomic E-state index is 13.3. The van der Waals surface area contributed by atoms with E-state index in [0.29, 0.717) is 54.3 Å². The number of halogens is 3. The number of alkyl halides is 3. The Balaban J connectivity index is 1.24. The van der Waals surface area contributed by atoms with Crippen molar-refractivity contribution < 1.29 is 18.0 Å². The lowest BCUT2D eigenvalue weighted by atomic mass is 10.00. The number of carbonyl (C=O) groups excluding carboxylic acids is 1. The van der Waals surface area contributed by atoms with E-state index in [9.17, 15) is 18.0 Å². The summed E-state index contributed by atoms with van der Waals surface area (Å²) in [7, 11) is 1.72. The SMILES string of the molecule is Cc1cnn(C2CC2)c1-c1ncc2c(n1)N(Cc1ccc3c(c1)CCCn1cc(C(F)(F)F)nc1-3)CC(=O)N2C. The smallest absolute Gasteiger partial charge is 0.341 e. The lowest BCUT2D eigenvalue weighted by Crippen LogP contribution is -2.44. The molecular formula is C28H27F3N8O. The van der Waals surface area contributed by atoms with Gasteiger partial charge < -0.3 is 14.4 Å². The van der Waals surface area contributed by atoms with Crippen LogP contribution in [0.2, 0.25) is 0 Å². The molecule has 0 atom stereocenters. The van der Waals surface area contributed by atoms with Gasteiger partial charge in [-0.3, -0.25) is 9.48 Å². The number of rotatable bonds is 4. The molecule has 3 aliphatic rings. The molecule has 4 aromatic rings. The minimum Gasteiger partial charge on any atom is -0.341 e. The van der Waals surface area contributed by atoms with Crippen molar-refractivity contribution in [3.63, 3.8) is 0 Å². The normalized spacial score (nSPS) is 17.0. The van der Waals surface area contributed by atoms with Crippen molar-refractivity contribution in [1.82, 2.24) is 29.3 Å². The van der Waals surface area contributed by atoms with E-state index in [1.54, 1.807) is 22.7 Å². The fourth-order valence-corrected chi connectivity index (χ4v) is 5.65. The van der Waals surface area contributed by atoms with Crippen LogP contribution in [-0.4, -0.2) is 48.8 Å². The molecule has 3 aromatic heterocycles. The zero-order valence-corrected chi connectivity index (χ0v) is 22.1. The quantitative estimate of drug-likeness (QED) is 0.365. The molecule has 1 aromatic carbocycles. The summed E-state index contributed by atoms with van der Waals surface area (Å²) in [5, 5.41) is 4.55. The fraction of sp³-hybridized carbons (Fsp3) is 0.393. The summed E-state index contributed by atoms with van der Waals surface area (Å²) >= 11 is 0. The highest BCUT2D eigenvalue weighted by Gasteiger charge is 2.36. The number of carbonyl (C=O) groups is 1. The molecule has 2 aliphatic heterocycles. The van der Waals surface area contributed by atoms with E-state index in [1.165, 1.54) is 0 Å². The Kier molecular flexibility index (Phi) is 5.52. The van der Waals surface area contributed by atoms with Gasteiger partial charge in [-0.05, 0) is 49.3 Å². The largest absolute Gasteiger partial charge is 0.434 e. The van der Waals surface area contributed by atoms with Crippen LogP contribution in [0.25, 0.3) is 22.9 Å². The number of likely N-dealkylation sites (N-methyl/N-ethyl adjacent to an activating group) is 1. The maximum atomic E-state index is 13.3. The number of aromatic nitrogens is 6. The van der Waals surface area contributed by atoms with Gasteiger partial charge in [0.2, 0.25) is 5.91 Å². The van der Waals surface area contributed by atoms with Crippen LogP contribution in [0.1, 0.15) is 47.7 Å². The molecule has 9 nitrogen and oxygen atoms in total. The molecular weight excluding hydrogens is 521 g/mol. The number of hydrogen-bond donors (Lipinski definition) is 0. The van der Waals surface area contributed by atoms with Crippen LogP contribution in [0, 0.1) is 6.92 Å². The molecule has 1 fully saturated rings. The molecule has 0 N–H and O–H groups in total. The van der Waals surface area contributed by atoms with Crippen molar-refractivity contribution in [2.75, 3.05) is 23.4 Å².